The predicted molar refractivity (Wildman–Crippen MR) is 89.6 cm³/mol. The Morgan fingerprint density at radius 1 is 1.11 bits per heavy atom. The van der Waals surface area contributed by atoms with Gasteiger partial charge in [-0.05, 0) is 19.1 Å². The lowest BCUT2D eigenvalue weighted by molar-refractivity contribution is -0.384. The number of benzene rings is 1. The molecule has 1 aliphatic heterocycles. The summed E-state index contributed by atoms with van der Waals surface area (Å²) in [6.45, 7) is 1.73. The van der Waals surface area contributed by atoms with Crippen molar-refractivity contribution in [3.05, 3.63) is 28.3 Å². The summed E-state index contributed by atoms with van der Waals surface area (Å²) in [7, 11) is -9.15. The topological polar surface area (TPSA) is 118 Å². The van der Waals surface area contributed by atoms with Gasteiger partial charge in [-0.2, -0.15) is 17.5 Å². The molecule has 1 heterocycles. The van der Waals surface area contributed by atoms with Gasteiger partial charge in [-0.3, -0.25) is 10.1 Å². The number of sulfone groups is 1. The monoisotopic (exact) mass is 431 g/mol. The molecule has 0 amide bonds. The van der Waals surface area contributed by atoms with Crippen molar-refractivity contribution >= 4 is 31.2 Å². The van der Waals surface area contributed by atoms with E-state index in [1.54, 1.807) is 0 Å². The lowest BCUT2D eigenvalue weighted by Gasteiger charge is -2.34. The standard InChI is InChI=1S/C13H16F3N3O6S2/c1-2-26(22,23)18-7-5-17(6-8-18)11-4-3-10(9-12(11)19(20)21)27(24,25)13(14,15)16/h3-4,9H,2,5-8H2,1H3. The third-order valence-electron chi connectivity index (χ3n) is 4.10. The summed E-state index contributed by atoms with van der Waals surface area (Å²) in [6.07, 6.45) is 0. The Morgan fingerprint density at radius 3 is 2.11 bits per heavy atom. The Morgan fingerprint density at radius 2 is 1.67 bits per heavy atom. The number of rotatable bonds is 5. The van der Waals surface area contributed by atoms with Crippen molar-refractivity contribution in [2.45, 2.75) is 17.3 Å². The van der Waals surface area contributed by atoms with Crippen molar-refractivity contribution in [3.8, 4) is 0 Å². The second-order valence-electron chi connectivity index (χ2n) is 5.64. The van der Waals surface area contributed by atoms with E-state index in [0.717, 1.165) is 6.07 Å². The van der Waals surface area contributed by atoms with Crippen molar-refractivity contribution in [3.63, 3.8) is 0 Å². The molecule has 1 fully saturated rings. The molecule has 1 aromatic carbocycles. The molecule has 27 heavy (non-hydrogen) atoms. The molecule has 0 aromatic heterocycles. The third kappa shape index (κ3) is 4.16. The lowest BCUT2D eigenvalue weighted by Crippen LogP contribution is -2.49. The highest BCUT2D eigenvalue weighted by Crippen LogP contribution is 2.36. The van der Waals surface area contributed by atoms with Crippen LogP contribution in [-0.4, -0.2) is 63.5 Å². The third-order valence-corrected chi connectivity index (χ3v) is 7.46. The Bertz CT molecular complexity index is 939. The van der Waals surface area contributed by atoms with Crippen LogP contribution >= 0.6 is 0 Å². The number of sulfonamides is 1. The molecule has 0 atom stereocenters. The van der Waals surface area contributed by atoms with E-state index in [1.165, 1.54) is 16.1 Å². The van der Waals surface area contributed by atoms with E-state index < -0.39 is 40.9 Å². The van der Waals surface area contributed by atoms with Gasteiger partial charge in [0.05, 0.1) is 15.6 Å². The van der Waals surface area contributed by atoms with Crippen molar-refractivity contribution in [2.75, 3.05) is 36.8 Å². The van der Waals surface area contributed by atoms with E-state index in [0.29, 0.717) is 12.1 Å². The second kappa shape index (κ2) is 7.24. The Balaban J connectivity index is 2.36. The van der Waals surface area contributed by atoms with Crippen molar-refractivity contribution in [2.24, 2.45) is 0 Å². The summed E-state index contributed by atoms with van der Waals surface area (Å²) >= 11 is 0. The van der Waals surface area contributed by atoms with Crippen molar-refractivity contribution in [1.29, 1.82) is 0 Å². The van der Waals surface area contributed by atoms with Gasteiger partial charge in [-0.25, -0.2) is 16.8 Å². The highest BCUT2D eigenvalue weighted by Gasteiger charge is 2.47. The number of anilines is 1. The number of hydrogen-bond donors (Lipinski definition) is 0. The molecule has 1 aromatic rings. The summed E-state index contributed by atoms with van der Waals surface area (Å²) in [5.41, 5.74) is -6.45. The summed E-state index contributed by atoms with van der Waals surface area (Å²) in [5, 5.41) is 11.3. The first-order valence-corrected chi connectivity index (χ1v) is 10.7. The van der Waals surface area contributed by atoms with Gasteiger partial charge in [0, 0.05) is 32.2 Å². The van der Waals surface area contributed by atoms with Crippen LogP contribution in [0.4, 0.5) is 24.5 Å². The van der Waals surface area contributed by atoms with Crippen molar-refractivity contribution < 1.29 is 34.9 Å². The fraction of sp³-hybridized carbons (Fsp3) is 0.538. The van der Waals surface area contributed by atoms with Gasteiger partial charge in [-0.15, -0.1) is 0 Å². The molecule has 152 valence electrons. The number of hydrogen-bond acceptors (Lipinski definition) is 7. The zero-order valence-corrected chi connectivity index (χ0v) is 15.6. The van der Waals surface area contributed by atoms with Gasteiger partial charge in [-0.1, -0.05) is 0 Å². The average Bonchev–Trinajstić information content (AvgIpc) is 2.60. The Hall–Kier alpha value is -1.93. The van der Waals surface area contributed by atoms with Crippen LogP contribution in [-0.2, 0) is 19.9 Å². The normalized spacial score (nSPS) is 17.1. The minimum Gasteiger partial charge on any atom is -0.363 e. The fourth-order valence-corrected chi connectivity index (χ4v) is 4.47. The van der Waals surface area contributed by atoms with E-state index in [9.17, 15) is 40.1 Å². The maximum absolute atomic E-state index is 12.7. The molecule has 0 unspecified atom stereocenters. The first kappa shape index (κ1) is 21.4. The summed E-state index contributed by atoms with van der Waals surface area (Å²) < 4.78 is 85.8. The summed E-state index contributed by atoms with van der Waals surface area (Å²) in [6, 6.07) is 1.95. The van der Waals surface area contributed by atoms with Crippen LogP contribution in [0, 0.1) is 10.1 Å². The number of nitrogens with zero attached hydrogens (tertiary/aromatic N) is 3. The molecule has 0 N–H and O–H groups in total. The first-order valence-electron chi connectivity index (χ1n) is 7.64. The van der Waals surface area contributed by atoms with Gasteiger partial charge < -0.3 is 4.90 Å². The number of nitro groups is 1. The largest absolute Gasteiger partial charge is 0.501 e. The smallest absolute Gasteiger partial charge is 0.363 e. The minimum absolute atomic E-state index is 0.0515. The second-order valence-corrected chi connectivity index (χ2v) is 9.84. The number of piperazine rings is 1. The molecule has 0 radical (unpaired) electrons. The minimum atomic E-state index is -5.72. The zero-order valence-electron chi connectivity index (χ0n) is 14.0. The van der Waals surface area contributed by atoms with E-state index >= 15 is 0 Å². The molecule has 0 spiro atoms. The average molecular weight is 431 g/mol. The van der Waals surface area contributed by atoms with Crippen LogP contribution in [0.2, 0.25) is 0 Å². The molecule has 9 nitrogen and oxygen atoms in total. The molecule has 1 aliphatic rings. The predicted octanol–water partition coefficient (Wildman–Crippen LogP) is 1.36. The number of alkyl halides is 3. The van der Waals surface area contributed by atoms with Crippen molar-refractivity contribution in [1.82, 2.24) is 4.31 Å². The van der Waals surface area contributed by atoms with Gasteiger partial charge in [0.2, 0.25) is 10.0 Å². The molecule has 0 aliphatic carbocycles. The first-order chi connectivity index (χ1) is 12.3. The zero-order chi connectivity index (χ0) is 20.6. The molecular formula is C13H16F3N3O6S2. The SMILES string of the molecule is CCS(=O)(=O)N1CCN(c2ccc(S(=O)(=O)C(F)(F)F)cc2[N+](=O)[O-])CC1. The van der Waals surface area contributed by atoms with Crippen LogP contribution in [0.1, 0.15) is 6.92 Å². The van der Waals surface area contributed by atoms with Gasteiger partial charge in [0.15, 0.2) is 0 Å². The quantitative estimate of drug-likeness (QED) is 0.510. The Labute approximate surface area is 153 Å². The fourth-order valence-electron chi connectivity index (χ4n) is 2.61. The van der Waals surface area contributed by atoms with Crippen LogP contribution < -0.4 is 4.90 Å². The Kier molecular flexibility index (Phi) is 5.73. The maximum atomic E-state index is 12.7. The van der Waals surface area contributed by atoms with E-state index in [-0.39, 0.29) is 37.6 Å². The van der Waals surface area contributed by atoms with Crippen LogP contribution in [0.5, 0.6) is 0 Å². The van der Waals surface area contributed by atoms with Crippen LogP contribution in [0.15, 0.2) is 23.1 Å². The van der Waals surface area contributed by atoms with Gasteiger partial charge >= 0.3 is 5.51 Å². The highest BCUT2D eigenvalue weighted by atomic mass is 32.2. The van der Waals surface area contributed by atoms with Gasteiger partial charge in [0.1, 0.15) is 5.69 Å². The molecule has 14 heteroatoms. The number of nitro benzene ring substituents is 1. The molecule has 0 bridgehead atoms. The lowest BCUT2D eigenvalue weighted by atomic mass is 10.2. The summed E-state index contributed by atoms with van der Waals surface area (Å²) in [4.78, 5) is 10.5. The molecule has 0 saturated carbocycles. The number of halogens is 3. The van der Waals surface area contributed by atoms with Crippen LogP contribution in [0.3, 0.4) is 0 Å². The van der Waals surface area contributed by atoms with Crippen LogP contribution in [0.25, 0.3) is 0 Å². The summed E-state index contributed by atoms with van der Waals surface area (Å²) in [5.74, 6) is -0.100. The van der Waals surface area contributed by atoms with Gasteiger partial charge in [0.25, 0.3) is 15.5 Å². The molecule has 2 rings (SSSR count). The van der Waals surface area contributed by atoms with E-state index in [4.69, 9.17) is 0 Å². The molecular weight excluding hydrogens is 415 g/mol. The highest BCUT2D eigenvalue weighted by molar-refractivity contribution is 7.92. The van der Waals surface area contributed by atoms with E-state index in [2.05, 4.69) is 0 Å². The van der Waals surface area contributed by atoms with E-state index in [1.807, 2.05) is 0 Å². The maximum Gasteiger partial charge on any atom is 0.501 e. The molecule has 1 saturated heterocycles.